The topological polar surface area (TPSA) is 64.4 Å². The molecule has 0 heterocycles. The number of carbonyl (C=O) groups is 1. The Morgan fingerprint density at radius 2 is 2.39 bits per heavy atom. The van der Waals surface area contributed by atoms with Crippen molar-refractivity contribution in [3.05, 3.63) is 29.8 Å². The molecule has 0 radical (unpaired) electrons. The van der Waals surface area contributed by atoms with Gasteiger partial charge in [0.2, 0.25) is 5.91 Å². The van der Waals surface area contributed by atoms with Gasteiger partial charge in [0.1, 0.15) is 0 Å². The molecule has 0 spiro atoms. The van der Waals surface area contributed by atoms with Crippen molar-refractivity contribution in [1.29, 1.82) is 0 Å². The van der Waals surface area contributed by atoms with E-state index in [2.05, 4.69) is 11.2 Å². The third-order valence-corrected chi connectivity index (χ3v) is 2.50. The van der Waals surface area contributed by atoms with E-state index in [1.165, 1.54) is 0 Å². The molecule has 0 saturated heterocycles. The van der Waals surface area contributed by atoms with Gasteiger partial charge in [-0.1, -0.05) is 12.0 Å². The number of terminal acetylenes is 1. The molecular weight excluding hydrogens is 228 g/mol. The molecule has 0 aliphatic rings. The first kappa shape index (κ1) is 14.2. The quantitative estimate of drug-likeness (QED) is 0.588. The van der Waals surface area contributed by atoms with E-state index in [0.717, 1.165) is 12.0 Å². The van der Waals surface area contributed by atoms with Crippen molar-refractivity contribution in [2.45, 2.75) is 18.9 Å². The summed E-state index contributed by atoms with van der Waals surface area (Å²) in [5.41, 5.74) is 7.16. The molecule has 1 aromatic rings. The SMILES string of the molecule is C#Cc1cccc(NC(=O)C(N)CCCOC)c1. The highest BCUT2D eigenvalue weighted by Crippen LogP contribution is 2.10. The number of ether oxygens (including phenoxy) is 1. The van der Waals surface area contributed by atoms with E-state index in [-0.39, 0.29) is 5.91 Å². The monoisotopic (exact) mass is 246 g/mol. The Balaban J connectivity index is 2.50. The predicted octanol–water partition coefficient (Wildman–Crippen LogP) is 1.36. The molecule has 1 unspecified atom stereocenters. The second-order valence-electron chi connectivity index (χ2n) is 3.96. The summed E-state index contributed by atoms with van der Waals surface area (Å²) in [6.07, 6.45) is 6.64. The molecule has 18 heavy (non-hydrogen) atoms. The molecular formula is C14H18N2O2. The van der Waals surface area contributed by atoms with Gasteiger partial charge < -0.3 is 15.8 Å². The van der Waals surface area contributed by atoms with Crippen molar-refractivity contribution in [2.75, 3.05) is 19.0 Å². The van der Waals surface area contributed by atoms with E-state index < -0.39 is 6.04 Å². The van der Waals surface area contributed by atoms with Gasteiger partial charge in [-0.05, 0) is 31.0 Å². The molecule has 0 aliphatic heterocycles. The fourth-order valence-electron chi connectivity index (χ4n) is 1.50. The highest BCUT2D eigenvalue weighted by Gasteiger charge is 2.12. The number of hydrogen-bond donors (Lipinski definition) is 2. The largest absolute Gasteiger partial charge is 0.385 e. The standard InChI is InChI=1S/C14H18N2O2/c1-3-11-6-4-7-12(10-11)16-14(17)13(15)8-5-9-18-2/h1,4,6-7,10,13H,5,8-9,15H2,2H3,(H,16,17). The Kier molecular flexibility index (Phi) is 5.92. The number of nitrogens with two attached hydrogens (primary N) is 1. The number of hydrogen-bond acceptors (Lipinski definition) is 3. The molecule has 1 aromatic carbocycles. The highest BCUT2D eigenvalue weighted by molar-refractivity contribution is 5.94. The van der Waals surface area contributed by atoms with Crippen molar-refractivity contribution >= 4 is 11.6 Å². The van der Waals surface area contributed by atoms with Crippen LogP contribution in [0.4, 0.5) is 5.69 Å². The van der Waals surface area contributed by atoms with Crippen LogP contribution < -0.4 is 11.1 Å². The maximum Gasteiger partial charge on any atom is 0.241 e. The van der Waals surface area contributed by atoms with E-state index in [0.29, 0.717) is 18.7 Å². The van der Waals surface area contributed by atoms with Gasteiger partial charge in [0.05, 0.1) is 6.04 Å². The van der Waals surface area contributed by atoms with Gasteiger partial charge in [-0.2, -0.15) is 0 Å². The number of amides is 1. The van der Waals surface area contributed by atoms with Gasteiger partial charge in [-0.25, -0.2) is 0 Å². The molecule has 0 aliphatic carbocycles. The first-order valence-corrected chi connectivity index (χ1v) is 5.79. The summed E-state index contributed by atoms with van der Waals surface area (Å²) >= 11 is 0. The summed E-state index contributed by atoms with van der Waals surface area (Å²) in [4.78, 5) is 11.8. The number of benzene rings is 1. The average molecular weight is 246 g/mol. The Morgan fingerprint density at radius 3 is 3.06 bits per heavy atom. The van der Waals surface area contributed by atoms with Crippen LogP contribution in [0.25, 0.3) is 0 Å². The normalized spacial score (nSPS) is 11.6. The lowest BCUT2D eigenvalue weighted by atomic mass is 10.1. The lowest BCUT2D eigenvalue weighted by Crippen LogP contribution is -2.35. The first-order chi connectivity index (χ1) is 8.67. The van der Waals surface area contributed by atoms with Crippen molar-refractivity contribution in [1.82, 2.24) is 0 Å². The summed E-state index contributed by atoms with van der Waals surface area (Å²) in [7, 11) is 1.62. The molecule has 1 amide bonds. The van der Waals surface area contributed by atoms with Gasteiger partial charge in [0.25, 0.3) is 0 Å². The molecule has 1 rings (SSSR count). The van der Waals surface area contributed by atoms with Crippen LogP contribution in [0.3, 0.4) is 0 Å². The average Bonchev–Trinajstić information content (AvgIpc) is 2.39. The van der Waals surface area contributed by atoms with Gasteiger partial charge in [-0.3, -0.25) is 4.79 Å². The van der Waals surface area contributed by atoms with Crippen LogP contribution in [0.15, 0.2) is 24.3 Å². The van der Waals surface area contributed by atoms with Crippen LogP contribution in [0.1, 0.15) is 18.4 Å². The second-order valence-corrected chi connectivity index (χ2v) is 3.96. The van der Waals surface area contributed by atoms with E-state index in [9.17, 15) is 4.79 Å². The van der Waals surface area contributed by atoms with Crippen LogP contribution in [0.5, 0.6) is 0 Å². The second kappa shape index (κ2) is 7.49. The molecule has 4 nitrogen and oxygen atoms in total. The minimum absolute atomic E-state index is 0.208. The smallest absolute Gasteiger partial charge is 0.241 e. The summed E-state index contributed by atoms with van der Waals surface area (Å²) in [6, 6.07) is 6.57. The Bertz CT molecular complexity index is 438. The number of rotatable bonds is 6. The summed E-state index contributed by atoms with van der Waals surface area (Å²) in [6.45, 7) is 0.605. The van der Waals surface area contributed by atoms with Crippen molar-refractivity contribution in [3.8, 4) is 12.3 Å². The van der Waals surface area contributed by atoms with Crippen LogP contribution in [0.2, 0.25) is 0 Å². The predicted molar refractivity (Wildman–Crippen MR) is 72.1 cm³/mol. The lowest BCUT2D eigenvalue weighted by molar-refractivity contribution is -0.117. The van der Waals surface area contributed by atoms with Crippen LogP contribution in [-0.4, -0.2) is 25.7 Å². The molecule has 0 saturated carbocycles. The molecule has 0 bridgehead atoms. The molecule has 0 aromatic heterocycles. The highest BCUT2D eigenvalue weighted by atomic mass is 16.5. The third-order valence-electron chi connectivity index (χ3n) is 2.50. The summed E-state index contributed by atoms with van der Waals surface area (Å²) < 4.78 is 4.91. The maximum absolute atomic E-state index is 11.8. The molecule has 96 valence electrons. The van der Waals surface area contributed by atoms with E-state index >= 15 is 0 Å². The Labute approximate surface area is 108 Å². The number of methoxy groups -OCH3 is 1. The zero-order valence-electron chi connectivity index (χ0n) is 10.5. The molecule has 4 heteroatoms. The minimum Gasteiger partial charge on any atom is -0.385 e. The molecule has 0 fully saturated rings. The fraction of sp³-hybridized carbons (Fsp3) is 0.357. The number of nitrogens with one attached hydrogen (secondary N) is 1. The number of carbonyl (C=O) groups excluding carboxylic acids is 1. The fourth-order valence-corrected chi connectivity index (χ4v) is 1.50. The van der Waals surface area contributed by atoms with Crippen LogP contribution in [-0.2, 0) is 9.53 Å². The van der Waals surface area contributed by atoms with E-state index in [4.69, 9.17) is 16.9 Å². The first-order valence-electron chi connectivity index (χ1n) is 5.79. The van der Waals surface area contributed by atoms with Crippen LogP contribution >= 0.6 is 0 Å². The number of anilines is 1. The zero-order valence-corrected chi connectivity index (χ0v) is 10.5. The minimum atomic E-state index is -0.533. The van der Waals surface area contributed by atoms with Crippen molar-refractivity contribution < 1.29 is 9.53 Å². The lowest BCUT2D eigenvalue weighted by Gasteiger charge is -2.12. The van der Waals surface area contributed by atoms with E-state index in [1.54, 1.807) is 31.4 Å². The molecule has 3 N–H and O–H groups in total. The summed E-state index contributed by atoms with van der Waals surface area (Å²) in [5.74, 6) is 2.30. The zero-order chi connectivity index (χ0) is 13.4. The van der Waals surface area contributed by atoms with Crippen molar-refractivity contribution in [2.24, 2.45) is 5.73 Å². The van der Waals surface area contributed by atoms with Gasteiger partial charge in [-0.15, -0.1) is 6.42 Å². The van der Waals surface area contributed by atoms with E-state index in [1.807, 2.05) is 0 Å². The maximum atomic E-state index is 11.8. The molecule has 1 atom stereocenters. The van der Waals surface area contributed by atoms with Gasteiger partial charge in [0, 0.05) is 25.0 Å². The summed E-state index contributed by atoms with van der Waals surface area (Å²) in [5, 5.41) is 2.74. The van der Waals surface area contributed by atoms with Gasteiger partial charge >= 0.3 is 0 Å². The Morgan fingerprint density at radius 1 is 1.61 bits per heavy atom. The van der Waals surface area contributed by atoms with Crippen LogP contribution in [0, 0.1) is 12.3 Å². The van der Waals surface area contributed by atoms with Gasteiger partial charge in [0.15, 0.2) is 0 Å². The Hall–Kier alpha value is -1.83. The van der Waals surface area contributed by atoms with Crippen molar-refractivity contribution in [3.63, 3.8) is 0 Å². The third kappa shape index (κ3) is 4.58.